The minimum Gasteiger partial charge on any atom is -0.350 e. The van der Waals surface area contributed by atoms with E-state index in [1.807, 2.05) is 43.5 Å². The summed E-state index contributed by atoms with van der Waals surface area (Å²) in [4.78, 5) is 11.7. The Kier molecular flexibility index (Phi) is 6.91. The summed E-state index contributed by atoms with van der Waals surface area (Å²) in [7, 11) is 0. The number of nitrogens with one attached hydrogen (secondary N) is 1. The van der Waals surface area contributed by atoms with Crippen LogP contribution in [-0.2, 0) is 4.79 Å². The minimum atomic E-state index is -0.0317. The number of carbonyl (C=O) groups excluding carboxylic acids is 1. The maximum Gasteiger partial charge on any atom is 0.220 e. The molecule has 1 aromatic heterocycles. The molecule has 5 nitrogen and oxygen atoms in total. The number of nitrogens with two attached hydrogens (primary N) is 1. The molecule has 1 aromatic carbocycles. The van der Waals surface area contributed by atoms with E-state index >= 15 is 0 Å². The van der Waals surface area contributed by atoms with Crippen LogP contribution in [0.25, 0.3) is 5.69 Å². The van der Waals surface area contributed by atoms with Crippen LogP contribution in [0.15, 0.2) is 42.7 Å². The molecule has 0 aliphatic carbocycles. The van der Waals surface area contributed by atoms with Gasteiger partial charge >= 0.3 is 0 Å². The van der Waals surface area contributed by atoms with E-state index in [1.54, 1.807) is 10.9 Å². The maximum atomic E-state index is 11.7. The Hall–Kier alpha value is -1.85. The Balaban J connectivity index is 0.00000220. The average Bonchev–Trinajstić information content (AvgIpc) is 2.99. The van der Waals surface area contributed by atoms with Gasteiger partial charge in [-0.1, -0.05) is 12.1 Å². The van der Waals surface area contributed by atoms with Crippen molar-refractivity contribution >= 4 is 18.3 Å². The first-order valence-corrected chi connectivity index (χ1v) is 6.80. The summed E-state index contributed by atoms with van der Waals surface area (Å²) in [5, 5.41) is 7.18. The molecule has 0 spiro atoms. The molecule has 0 saturated carbocycles. The van der Waals surface area contributed by atoms with E-state index < -0.39 is 0 Å². The van der Waals surface area contributed by atoms with Crippen LogP contribution in [0.4, 0.5) is 0 Å². The molecule has 0 aliphatic heterocycles. The molecule has 1 atom stereocenters. The van der Waals surface area contributed by atoms with Crippen molar-refractivity contribution in [2.75, 3.05) is 6.54 Å². The zero-order valence-electron chi connectivity index (χ0n) is 12.0. The molecule has 0 bridgehead atoms. The number of hydrogen-bond donors (Lipinski definition) is 2. The molecular formula is C15H21ClN4O. The summed E-state index contributed by atoms with van der Waals surface area (Å²) < 4.78 is 1.80. The quantitative estimate of drug-likeness (QED) is 0.859. The Morgan fingerprint density at radius 1 is 1.43 bits per heavy atom. The topological polar surface area (TPSA) is 72.9 Å². The summed E-state index contributed by atoms with van der Waals surface area (Å²) in [5.41, 5.74) is 7.44. The largest absolute Gasteiger partial charge is 0.350 e. The van der Waals surface area contributed by atoms with Gasteiger partial charge in [-0.3, -0.25) is 4.79 Å². The van der Waals surface area contributed by atoms with Crippen molar-refractivity contribution in [3.8, 4) is 5.69 Å². The van der Waals surface area contributed by atoms with Crippen molar-refractivity contribution < 1.29 is 4.79 Å². The second kappa shape index (κ2) is 8.44. The number of nitrogens with zero attached hydrogens (tertiary/aromatic N) is 2. The monoisotopic (exact) mass is 308 g/mol. The molecule has 0 aliphatic rings. The van der Waals surface area contributed by atoms with E-state index in [9.17, 15) is 4.79 Å². The van der Waals surface area contributed by atoms with Crippen molar-refractivity contribution in [3.63, 3.8) is 0 Å². The molecule has 2 rings (SSSR count). The van der Waals surface area contributed by atoms with Gasteiger partial charge < -0.3 is 11.1 Å². The summed E-state index contributed by atoms with van der Waals surface area (Å²) in [5.74, 6) is 0.0347. The molecule has 1 heterocycles. The van der Waals surface area contributed by atoms with Crippen LogP contribution in [0, 0.1) is 0 Å². The fourth-order valence-electron chi connectivity index (χ4n) is 2.02. The highest BCUT2D eigenvalue weighted by atomic mass is 35.5. The van der Waals surface area contributed by atoms with Gasteiger partial charge in [-0.2, -0.15) is 5.10 Å². The number of carbonyl (C=O) groups is 1. The van der Waals surface area contributed by atoms with E-state index in [-0.39, 0.29) is 24.4 Å². The standard InChI is InChI=1S/C15H20N4O.ClH/c1-12(18-15(20)7-3-8-16)13-5-2-6-14(11-13)19-10-4-9-17-19;/h2,4-6,9-12H,3,7-8,16H2,1H3,(H,18,20);1H. The normalized spacial score (nSPS) is 11.5. The van der Waals surface area contributed by atoms with Crippen LogP contribution in [0.2, 0.25) is 0 Å². The summed E-state index contributed by atoms with van der Waals surface area (Å²) in [6.07, 6.45) is 4.82. The maximum absolute atomic E-state index is 11.7. The van der Waals surface area contributed by atoms with Gasteiger partial charge in [0, 0.05) is 18.8 Å². The first kappa shape index (κ1) is 17.2. The molecule has 6 heteroatoms. The molecular weight excluding hydrogens is 288 g/mol. The third-order valence-corrected chi connectivity index (χ3v) is 3.12. The van der Waals surface area contributed by atoms with E-state index in [2.05, 4.69) is 10.4 Å². The van der Waals surface area contributed by atoms with Gasteiger partial charge in [0.1, 0.15) is 0 Å². The third kappa shape index (κ3) is 4.88. The smallest absolute Gasteiger partial charge is 0.220 e. The average molecular weight is 309 g/mol. The molecule has 0 saturated heterocycles. The second-order valence-electron chi connectivity index (χ2n) is 4.73. The number of benzene rings is 1. The van der Waals surface area contributed by atoms with Crippen LogP contribution >= 0.6 is 12.4 Å². The predicted octanol–water partition coefficient (Wildman–Crippen LogP) is 2.21. The Morgan fingerprint density at radius 2 is 2.24 bits per heavy atom. The third-order valence-electron chi connectivity index (χ3n) is 3.12. The number of aromatic nitrogens is 2. The first-order chi connectivity index (χ1) is 9.70. The SMILES string of the molecule is CC(NC(=O)CCCN)c1cccc(-n2cccn2)c1.Cl. The van der Waals surface area contributed by atoms with Gasteiger partial charge in [0.15, 0.2) is 0 Å². The molecule has 3 N–H and O–H groups in total. The second-order valence-corrected chi connectivity index (χ2v) is 4.73. The Morgan fingerprint density at radius 3 is 2.90 bits per heavy atom. The fraction of sp³-hybridized carbons (Fsp3) is 0.333. The molecule has 2 aromatic rings. The van der Waals surface area contributed by atoms with E-state index in [0.717, 1.165) is 11.3 Å². The summed E-state index contributed by atoms with van der Waals surface area (Å²) in [6.45, 7) is 2.51. The molecule has 1 amide bonds. The van der Waals surface area contributed by atoms with Crippen LogP contribution in [0.3, 0.4) is 0 Å². The first-order valence-electron chi connectivity index (χ1n) is 6.80. The van der Waals surface area contributed by atoms with Crippen LogP contribution < -0.4 is 11.1 Å². The molecule has 1 unspecified atom stereocenters. The predicted molar refractivity (Wildman–Crippen MR) is 85.7 cm³/mol. The zero-order chi connectivity index (χ0) is 14.4. The number of amides is 1. The number of hydrogen-bond acceptors (Lipinski definition) is 3. The van der Waals surface area contributed by atoms with Crippen molar-refractivity contribution in [2.45, 2.75) is 25.8 Å². The summed E-state index contributed by atoms with van der Waals surface area (Å²) in [6, 6.07) is 9.83. The van der Waals surface area contributed by atoms with E-state index in [1.165, 1.54) is 0 Å². The lowest BCUT2D eigenvalue weighted by molar-refractivity contribution is -0.121. The lowest BCUT2D eigenvalue weighted by Crippen LogP contribution is -2.27. The minimum absolute atomic E-state index is 0. The van der Waals surface area contributed by atoms with Crippen molar-refractivity contribution in [3.05, 3.63) is 48.3 Å². The lowest BCUT2D eigenvalue weighted by atomic mass is 10.1. The van der Waals surface area contributed by atoms with Crippen LogP contribution in [-0.4, -0.2) is 22.2 Å². The van der Waals surface area contributed by atoms with Gasteiger partial charge in [0.2, 0.25) is 5.91 Å². The van der Waals surface area contributed by atoms with Gasteiger partial charge in [-0.05, 0) is 43.7 Å². The van der Waals surface area contributed by atoms with Gasteiger partial charge in [0.05, 0.1) is 11.7 Å². The highest BCUT2D eigenvalue weighted by Crippen LogP contribution is 2.16. The van der Waals surface area contributed by atoms with E-state index in [4.69, 9.17) is 5.73 Å². The zero-order valence-corrected chi connectivity index (χ0v) is 12.8. The van der Waals surface area contributed by atoms with Gasteiger partial charge in [-0.25, -0.2) is 4.68 Å². The van der Waals surface area contributed by atoms with Gasteiger partial charge in [-0.15, -0.1) is 12.4 Å². The highest BCUT2D eigenvalue weighted by Gasteiger charge is 2.10. The lowest BCUT2D eigenvalue weighted by Gasteiger charge is -2.15. The van der Waals surface area contributed by atoms with Crippen molar-refractivity contribution in [1.29, 1.82) is 0 Å². The molecule has 114 valence electrons. The Bertz CT molecular complexity index is 557. The number of rotatable bonds is 6. The van der Waals surface area contributed by atoms with E-state index in [0.29, 0.717) is 19.4 Å². The fourth-order valence-corrected chi connectivity index (χ4v) is 2.02. The van der Waals surface area contributed by atoms with Crippen LogP contribution in [0.5, 0.6) is 0 Å². The van der Waals surface area contributed by atoms with Gasteiger partial charge in [0.25, 0.3) is 0 Å². The Labute approximate surface area is 130 Å². The number of halogens is 1. The van der Waals surface area contributed by atoms with Crippen molar-refractivity contribution in [1.82, 2.24) is 15.1 Å². The molecule has 21 heavy (non-hydrogen) atoms. The van der Waals surface area contributed by atoms with Crippen molar-refractivity contribution in [2.24, 2.45) is 5.73 Å². The summed E-state index contributed by atoms with van der Waals surface area (Å²) >= 11 is 0. The highest BCUT2D eigenvalue weighted by molar-refractivity contribution is 5.85. The van der Waals surface area contributed by atoms with Crippen LogP contribution in [0.1, 0.15) is 31.4 Å². The molecule has 0 fully saturated rings. The molecule has 0 radical (unpaired) electrons.